The summed E-state index contributed by atoms with van der Waals surface area (Å²) in [5, 5.41) is 12.7. The van der Waals surface area contributed by atoms with E-state index < -0.39 is 10.0 Å². The molecular weight excluding hydrogens is 403 g/mol. The fourth-order valence-corrected chi connectivity index (χ4v) is 4.65. The van der Waals surface area contributed by atoms with Crippen molar-refractivity contribution in [2.45, 2.75) is 4.90 Å². The zero-order chi connectivity index (χ0) is 15.8. The Morgan fingerprint density at radius 3 is 2.48 bits per heavy atom. The second-order valence-electron chi connectivity index (χ2n) is 3.95. The van der Waals surface area contributed by atoms with Gasteiger partial charge in [0.05, 0.1) is 16.2 Å². The molecule has 110 valence electrons. The molecule has 10 heteroatoms. The Labute approximate surface area is 139 Å². The molecule has 0 saturated heterocycles. The number of sulfonamides is 1. The second kappa shape index (κ2) is 5.85. The Kier molecular flexibility index (Phi) is 4.49. The van der Waals surface area contributed by atoms with E-state index in [1.54, 1.807) is 0 Å². The fraction of sp³-hybridized carbons (Fsp3) is 0.0909. The van der Waals surface area contributed by atoms with Crippen molar-refractivity contribution in [3.63, 3.8) is 0 Å². The molecular formula is C11H7BrCl2N4O2S. The summed E-state index contributed by atoms with van der Waals surface area (Å²) in [5.74, 6) is 0.0348. The Morgan fingerprint density at radius 1 is 1.38 bits per heavy atom. The lowest BCUT2D eigenvalue weighted by Gasteiger charge is -2.11. The van der Waals surface area contributed by atoms with Gasteiger partial charge in [-0.25, -0.2) is 8.42 Å². The molecule has 0 aliphatic heterocycles. The summed E-state index contributed by atoms with van der Waals surface area (Å²) in [6.07, 6.45) is 1.25. The average Bonchev–Trinajstić information content (AvgIpc) is 2.68. The molecule has 0 saturated carbocycles. The highest BCUT2D eigenvalue weighted by atomic mass is 79.9. The molecule has 6 nitrogen and oxygen atoms in total. The van der Waals surface area contributed by atoms with Crippen molar-refractivity contribution in [2.75, 3.05) is 4.72 Å². The Hall–Kier alpha value is -1.27. The number of anilines is 1. The maximum absolute atomic E-state index is 12.4. The number of rotatable bonds is 3. The molecule has 0 aliphatic carbocycles. The Balaban J connectivity index is 2.54. The number of aryl methyl sites for hydroxylation is 1. The van der Waals surface area contributed by atoms with Crippen LogP contribution in [0.15, 0.2) is 27.7 Å². The molecule has 0 unspecified atom stereocenters. The van der Waals surface area contributed by atoms with Crippen LogP contribution in [0.25, 0.3) is 0 Å². The number of hydrogen-bond donors (Lipinski definition) is 1. The van der Waals surface area contributed by atoms with E-state index in [4.69, 9.17) is 28.5 Å². The van der Waals surface area contributed by atoms with E-state index in [1.165, 1.54) is 30.1 Å². The van der Waals surface area contributed by atoms with E-state index >= 15 is 0 Å². The van der Waals surface area contributed by atoms with Crippen LogP contribution in [0.3, 0.4) is 0 Å². The van der Waals surface area contributed by atoms with E-state index in [1.807, 2.05) is 6.07 Å². The summed E-state index contributed by atoms with van der Waals surface area (Å²) in [6.45, 7) is 0. The topological polar surface area (TPSA) is 87.8 Å². The fourth-order valence-electron chi connectivity index (χ4n) is 1.60. The lowest BCUT2D eigenvalue weighted by Crippen LogP contribution is -2.17. The Morgan fingerprint density at radius 2 is 1.95 bits per heavy atom. The molecule has 0 bridgehead atoms. The summed E-state index contributed by atoms with van der Waals surface area (Å²) in [6, 6.07) is 4.67. The summed E-state index contributed by atoms with van der Waals surface area (Å²) < 4.78 is 28.9. The molecule has 0 aliphatic rings. The third kappa shape index (κ3) is 3.16. The van der Waals surface area contributed by atoms with Crippen LogP contribution in [-0.2, 0) is 17.1 Å². The second-order valence-corrected chi connectivity index (χ2v) is 7.30. The molecule has 0 spiro atoms. The minimum atomic E-state index is -4.06. The number of nitriles is 1. The van der Waals surface area contributed by atoms with Gasteiger partial charge in [-0.3, -0.25) is 9.40 Å². The van der Waals surface area contributed by atoms with Gasteiger partial charge in [-0.1, -0.05) is 39.1 Å². The zero-order valence-electron chi connectivity index (χ0n) is 10.4. The number of halogens is 3. The molecule has 2 aromatic rings. The van der Waals surface area contributed by atoms with Gasteiger partial charge < -0.3 is 0 Å². The monoisotopic (exact) mass is 408 g/mol. The highest BCUT2D eigenvalue weighted by molar-refractivity contribution is 9.10. The van der Waals surface area contributed by atoms with Crippen LogP contribution in [-0.4, -0.2) is 18.2 Å². The molecule has 1 aromatic heterocycles. The molecule has 21 heavy (non-hydrogen) atoms. The van der Waals surface area contributed by atoms with E-state index in [2.05, 4.69) is 25.8 Å². The van der Waals surface area contributed by atoms with E-state index in [-0.39, 0.29) is 26.3 Å². The average molecular weight is 410 g/mol. The van der Waals surface area contributed by atoms with Gasteiger partial charge in [-0.2, -0.15) is 10.4 Å². The van der Waals surface area contributed by atoms with E-state index in [0.717, 1.165) is 0 Å². The van der Waals surface area contributed by atoms with Gasteiger partial charge >= 0.3 is 0 Å². The number of benzene rings is 1. The van der Waals surface area contributed by atoms with Crippen LogP contribution in [0.4, 0.5) is 5.82 Å². The summed E-state index contributed by atoms with van der Waals surface area (Å²) >= 11 is 15.1. The molecule has 0 atom stereocenters. The summed E-state index contributed by atoms with van der Waals surface area (Å²) in [4.78, 5) is -0.265. The quantitative estimate of drug-likeness (QED) is 0.843. The number of nitrogens with one attached hydrogen (secondary N) is 1. The highest BCUT2D eigenvalue weighted by Gasteiger charge is 2.25. The third-order valence-corrected chi connectivity index (χ3v) is 5.24. The number of nitrogens with zero attached hydrogens (tertiary/aromatic N) is 3. The maximum Gasteiger partial charge on any atom is 0.266 e. The van der Waals surface area contributed by atoms with Gasteiger partial charge in [0.1, 0.15) is 16.5 Å². The SMILES string of the molecule is Cn1ncc(C#N)c1NS(=O)(=O)c1c(Cl)cc(Br)cc1Cl. The zero-order valence-corrected chi connectivity index (χ0v) is 14.3. The first-order valence-corrected chi connectivity index (χ1v) is 8.39. The third-order valence-electron chi connectivity index (χ3n) is 2.52. The normalized spacial score (nSPS) is 11.2. The van der Waals surface area contributed by atoms with Crippen LogP contribution in [0.5, 0.6) is 0 Å². The van der Waals surface area contributed by atoms with Gasteiger partial charge in [0.25, 0.3) is 10.0 Å². The smallest absolute Gasteiger partial charge is 0.262 e. The van der Waals surface area contributed by atoms with Gasteiger partial charge in [0, 0.05) is 11.5 Å². The number of hydrogen-bond acceptors (Lipinski definition) is 4. The van der Waals surface area contributed by atoms with Crippen LogP contribution in [0, 0.1) is 11.3 Å². The van der Waals surface area contributed by atoms with Crippen molar-refractivity contribution < 1.29 is 8.42 Å². The van der Waals surface area contributed by atoms with Gasteiger partial charge in [0.2, 0.25) is 0 Å². The maximum atomic E-state index is 12.4. The van der Waals surface area contributed by atoms with Crippen molar-refractivity contribution in [1.82, 2.24) is 9.78 Å². The highest BCUT2D eigenvalue weighted by Crippen LogP contribution is 2.34. The van der Waals surface area contributed by atoms with Gasteiger partial charge in [-0.15, -0.1) is 0 Å². The van der Waals surface area contributed by atoms with Crippen molar-refractivity contribution in [3.8, 4) is 6.07 Å². The van der Waals surface area contributed by atoms with E-state index in [9.17, 15) is 8.42 Å². The molecule has 1 aromatic carbocycles. The van der Waals surface area contributed by atoms with Crippen molar-refractivity contribution in [1.29, 1.82) is 5.26 Å². The first kappa shape index (κ1) is 16.1. The van der Waals surface area contributed by atoms with Crippen LogP contribution < -0.4 is 4.72 Å². The first-order chi connectivity index (χ1) is 9.76. The van der Waals surface area contributed by atoms with Crippen LogP contribution >= 0.6 is 39.1 Å². The largest absolute Gasteiger partial charge is 0.266 e. The summed E-state index contributed by atoms with van der Waals surface area (Å²) in [7, 11) is -2.56. The van der Waals surface area contributed by atoms with Crippen molar-refractivity contribution in [3.05, 3.63) is 38.4 Å². The Bertz CT molecular complexity index is 835. The van der Waals surface area contributed by atoms with E-state index in [0.29, 0.717) is 4.47 Å². The lowest BCUT2D eigenvalue weighted by atomic mass is 10.4. The number of aromatic nitrogens is 2. The van der Waals surface area contributed by atoms with Crippen LogP contribution in [0.2, 0.25) is 10.0 Å². The summed E-state index contributed by atoms with van der Waals surface area (Å²) in [5.41, 5.74) is 0.0884. The molecule has 0 amide bonds. The van der Waals surface area contributed by atoms with Crippen molar-refractivity contribution >= 4 is 55.0 Å². The molecule has 0 fully saturated rings. The molecule has 1 heterocycles. The lowest BCUT2D eigenvalue weighted by molar-refractivity contribution is 0.600. The van der Waals surface area contributed by atoms with Gasteiger partial charge in [0.15, 0.2) is 5.82 Å². The predicted octanol–water partition coefficient (Wildman–Crippen LogP) is 3.16. The molecule has 0 radical (unpaired) electrons. The van der Waals surface area contributed by atoms with Crippen LogP contribution in [0.1, 0.15) is 5.56 Å². The molecule has 1 N–H and O–H groups in total. The van der Waals surface area contributed by atoms with Gasteiger partial charge in [-0.05, 0) is 12.1 Å². The first-order valence-electron chi connectivity index (χ1n) is 5.35. The molecule has 2 rings (SSSR count). The minimum absolute atomic E-state index is 0.0348. The predicted molar refractivity (Wildman–Crippen MR) is 82.9 cm³/mol. The standard InChI is InChI=1S/C11H7BrCl2N4O2S/c1-18-11(6(4-15)5-16-18)17-21(19,20)10-8(13)2-7(12)3-9(10)14/h2-3,5,17H,1H3. The minimum Gasteiger partial charge on any atom is -0.262 e. The van der Waals surface area contributed by atoms with Crippen molar-refractivity contribution in [2.24, 2.45) is 7.05 Å².